The van der Waals surface area contributed by atoms with E-state index in [0.29, 0.717) is 21.5 Å². The summed E-state index contributed by atoms with van der Waals surface area (Å²) in [5, 5.41) is 39.8. The zero-order valence-electron chi connectivity index (χ0n) is 26.9. The van der Waals surface area contributed by atoms with E-state index in [9.17, 15) is 71.5 Å². The molecule has 36 heteroatoms. The summed E-state index contributed by atoms with van der Waals surface area (Å²) in [6.45, 7) is -1.99. The van der Waals surface area contributed by atoms with Crippen molar-refractivity contribution in [3.63, 3.8) is 0 Å². The van der Waals surface area contributed by atoms with Crippen LogP contribution in [0.5, 0.6) is 0 Å². The number of halogens is 2. The highest BCUT2D eigenvalue weighted by Crippen LogP contribution is 2.66. The van der Waals surface area contributed by atoms with Crippen molar-refractivity contribution in [1.82, 2.24) is 19.1 Å². The predicted octanol–water partition coefficient (Wildman–Crippen LogP) is -4.71. The van der Waals surface area contributed by atoms with Crippen LogP contribution in [0.3, 0.4) is 0 Å². The molecule has 10 atom stereocenters. The molecular formula is C21H32F2N6O24P4. The number of aliphatic hydroxyl groups is 4. The first kappa shape index (κ1) is 50.0. The van der Waals surface area contributed by atoms with E-state index in [2.05, 4.69) is 27.6 Å². The van der Waals surface area contributed by atoms with Gasteiger partial charge in [-0.1, -0.05) is 7.43 Å². The summed E-state index contributed by atoms with van der Waals surface area (Å²) in [7, 11) is -21.9. The van der Waals surface area contributed by atoms with Crippen LogP contribution in [0.4, 0.5) is 8.78 Å². The molecule has 14 N–H and O–H groups in total. The lowest BCUT2D eigenvalue weighted by molar-refractivity contribution is -0.0543. The van der Waals surface area contributed by atoms with Crippen LogP contribution >= 0.6 is 31.3 Å². The average molecular weight is 914 g/mol. The molecule has 2 aliphatic heterocycles. The van der Waals surface area contributed by atoms with Gasteiger partial charge >= 0.3 is 31.3 Å². The number of phosphoric acid groups is 4. The van der Waals surface area contributed by atoms with Gasteiger partial charge in [-0.2, -0.15) is 17.4 Å². The van der Waals surface area contributed by atoms with Crippen LogP contribution in [0.2, 0.25) is 0 Å². The second-order valence-corrected chi connectivity index (χ2v) is 16.4. The zero-order chi connectivity index (χ0) is 42.9. The maximum atomic E-state index is 13.6. The molecule has 0 radical (unpaired) electrons. The summed E-state index contributed by atoms with van der Waals surface area (Å²) in [5.74, 6) is -5.40. The molecule has 2 fully saturated rings. The Morgan fingerprint density at radius 3 is 1.37 bits per heavy atom. The van der Waals surface area contributed by atoms with Gasteiger partial charge in [0.05, 0.1) is 25.6 Å². The standard InChI is InChI=1S/C10H15FN3O15P3.C10H13FN3O9P.CH4/c11-4-1-14(9(18)5(13-4)8(12)17)10-7(16)6(15)3(27-10)2-26-31(22,23)29-32(24,25)28-30(19,20)21;11-4-1-14(9(18)5(13-4)8(12)17)10-7(16)6(15)3(23-10)2-22-24(19,20)21;/h1,3,6-7,10,15-16H,2H2,(H2,12,17)(H,22,23)(H,24,25)(H2,19,20,21);1,3,6-7,10,15-16H,2H2,(H2,12,17)(H2,19,20,21);1H4/t2*3-,6-,7-,10-;/m11./s1. The Labute approximate surface area is 313 Å². The molecule has 2 aromatic heterocycles. The Hall–Kier alpha value is -3.16. The van der Waals surface area contributed by atoms with E-state index >= 15 is 0 Å². The van der Waals surface area contributed by atoms with Gasteiger partial charge in [0.2, 0.25) is 11.9 Å². The number of amides is 2. The maximum Gasteiger partial charge on any atom is 0.490 e. The molecule has 0 spiro atoms. The summed E-state index contributed by atoms with van der Waals surface area (Å²) >= 11 is 0. The van der Waals surface area contributed by atoms with E-state index in [4.69, 9.17) is 45.4 Å². The Morgan fingerprint density at radius 1 is 0.667 bits per heavy atom. The highest BCUT2D eigenvalue weighted by atomic mass is 31.3. The fourth-order valence-corrected chi connectivity index (χ4v) is 7.86. The monoisotopic (exact) mass is 914 g/mol. The quantitative estimate of drug-likeness (QED) is 0.0792. The summed E-state index contributed by atoms with van der Waals surface area (Å²) in [6, 6.07) is 0. The van der Waals surface area contributed by atoms with Crippen LogP contribution in [0.25, 0.3) is 0 Å². The number of phosphoric ester groups is 2. The van der Waals surface area contributed by atoms with Gasteiger partial charge in [-0.3, -0.25) is 37.4 Å². The molecule has 0 aromatic carbocycles. The second-order valence-electron chi connectivity index (χ2n) is 10.7. The van der Waals surface area contributed by atoms with Gasteiger partial charge in [-0.25, -0.2) is 28.2 Å². The SMILES string of the molecule is C.NC(=O)c1nc(F)cn([C@@H]2O[C@H](COP(=O)(O)O)[C@@H](O)[C@H]2O)c1=O.NC(=O)c1nc(F)cn([C@@H]2O[C@H](COP(=O)(O)OP(=O)(O)OP(=O)(O)O)[C@@H](O)[C@H]2O)c1=O. The Kier molecular flexibility index (Phi) is 16.5. The minimum atomic E-state index is -5.80. The molecule has 2 unspecified atom stereocenters. The van der Waals surface area contributed by atoms with E-state index in [1.807, 2.05) is 0 Å². The smallest absolute Gasteiger partial charge is 0.387 e. The molecule has 324 valence electrons. The number of nitrogens with two attached hydrogens (primary N) is 2. The third-order valence-electron chi connectivity index (χ3n) is 6.72. The number of carbonyl (C=O) groups is 2. The van der Waals surface area contributed by atoms with Crippen molar-refractivity contribution >= 4 is 43.1 Å². The van der Waals surface area contributed by atoms with E-state index in [-0.39, 0.29) is 7.43 Å². The largest absolute Gasteiger partial charge is 0.490 e. The number of hydrogen-bond donors (Lipinski definition) is 12. The van der Waals surface area contributed by atoms with Gasteiger partial charge < -0.3 is 70.7 Å². The normalized spacial score (nSPS) is 27.0. The first-order valence-electron chi connectivity index (χ1n) is 14.1. The van der Waals surface area contributed by atoms with Crippen LogP contribution < -0.4 is 22.6 Å². The minimum absolute atomic E-state index is 0. The topological polar surface area (TPSA) is 482 Å². The van der Waals surface area contributed by atoms with Gasteiger partial charge in [-0.15, -0.1) is 0 Å². The molecule has 57 heavy (non-hydrogen) atoms. The maximum absolute atomic E-state index is 13.6. The van der Waals surface area contributed by atoms with E-state index in [1.54, 1.807) is 0 Å². The molecule has 0 saturated carbocycles. The second kappa shape index (κ2) is 18.8. The van der Waals surface area contributed by atoms with Crippen LogP contribution in [0, 0.1) is 11.9 Å². The molecule has 0 aliphatic carbocycles. The van der Waals surface area contributed by atoms with Gasteiger partial charge in [0.25, 0.3) is 22.9 Å². The van der Waals surface area contributed by atoms with Crippen LogP contribution in [0.15, 0.2) is 22.0 Å². The number of rotatable bonds is 14. The number of carbonyl (C=O) groups excluding carboxylic acids is 2. The molecule has 2 aliphatic rings. The molecule has 30 nitrogen and oxygen atoms in total. The number of primary amides is 2. The van der Waals surface area contributed by atoms with Crippen LogP contribution in [-0.4, -0.2) is 131 Å². The Bertz CT molecular complexity index is 2130. The van der Waals surface area contributed by atoms with E-state index < -0.39 is 140 Å². The summed E-state index contributed by atoms with van der Waals surface area (Å²) in [6.07, 6.45) is -13.2. The van der Waals surface area contributed by atoms with Crippen molar-refractivity contribution in [2.24, 2.45) is 11.5 Å². The van der Waals surface area contributed by atoms with Crippen molar-refractivity contribution in [1.29, 1.82) is 0 Å². The number of aliphatic hydroxyl groups excluding tert-OH is 4. The van der Waals surface area contributed by atoms with Gasteiger partial charge in [-0.05, 0) is 0 Å². The summed E-state index contributed by atoms with van der Waals surface area (Å²) < 4.78 is 97.6. The molecule has 4 heterocycles. The van der Waals surface area contributed by atoms with Gasteiger partial charge in [0.15, 0.2) is 23.8 Å². The van der Waals surface area contributed by atoms with Crippen molar-refractivity contribution < 1.29 is 114 Å². The molecule has 2 amide bonds. The van der Waals surface area contributed by atoms with Crippen LogP contribution in [0.1, 0.15) is 40.9 Å². The molecule has 2 aromatic rings. The van der Waals surface area contributed by atoms with E-state index in [0.717, 1.165) is 0 Å². The fourth-order valence-electron chi connectivity index (χ4n) is 4.49. The third kappa shape index (κ3) is 13.4. The lowest BCUT2D eigenvalue weighted by Crippen LogP contribution is -2.38. The zero-order valence-corrected chi connectivity index (χ0v) is 30.4. The Balaban J connectivity index is 0.000000402. The first-order valence-corrected chi connectivity index (χ1v) is 20.2. The summed E-state index contributed by atoms with van der Waals surface area (Å²) in [4.78, 5) is 105. The fraction of sp³-hybridized carbons (Fsp3) is 0.524. The minimum Gasteiger partial charge on any atom is -0.387 e. The lowest BCUT2D eigenvalue weighted by atomic mass is 10.1. The third-order valence-corrected chi connectivity index (χ3v) is 11.0. The van der Waals surface area contributed by atoms with Crippen molar-refractivity contribution in [3.8, 4) is 0 Å². The molecule has 0 bridgehead atoms. The molecule has 4 rings (SSSR count). The number of aromatic nitrogens is 4. The average Bonchev–Trinajstić information content (AvgIpc) is 3.48. The van der Waals surface area contributed by atoms with Gasteiger partial charge in [0.1, 0.15) is 36.6 Å². The lowest BCUT2D eigenvalue weighted by Gasteiger charge is -2.19. The molecule has 2 saturated heterocycles. The number of nitrogens with zero attached hydrogens (tertiary/aromatic N) is 4. The van der Waals surface area contributed by atoms with Crippen molar-refractivity contribution in [3.05, 3.63) is 56.4 Å². The van der Waals surface area contributed by atoms with Crippen molar-refractivity contribution in [2.75, 3.05) is 13.2 Å². The predicted molar refractivity (Wildman–Crippen MR) is 170 cm³/mol. The first-order chi connectivity index (χ1) is 25.4. The summed E-state index contributed by atoms with van der Waals surface area (Å²) in [5.41, 5.74) is 5.28. The number of ether oxygens (including phenoxy) is 2. The highest BCUT2D eigenvalue weighted by molar-refractivity contribution is 7.66. The van der Waals surface area contributed by atoms with Crippen LogP contribution in [-0.2, 0) is 45.4 Å². The highest BCUT2D eigenvalue weighted by Gasteiger charge is 2.48. The molecular weight excluding hydrogens is 882 g/mol. The van der Waals surface area contributed by atoms with E-state index in [1.165, 1.54) is 0 Å². The Morgan fingerprint density at radius 2 is 1.04 bits per heavy atom. The van der Waals surface area contributed by atoms with Gasteiger partial charge in [0, 0.05) is 0 Å². The van der Waals surface area contributed by atoms with Crippen molar-refractivity contribution in [2.45, 2.75) is 56.5 Å². The number of hydrogen-bond acceptors (Lipinski definition) is 20.